The maximum Gasteiger partial charge on any atom is 0.257 e. The van der Waals surface area contributed by atoms with Crippen LogP contribution in [-0.2, 0) is 6.54 Å². The standard InChI is InChI=1S/C20H21N3O3/c1-4-25-17-11-6-5-10-16(17)20(24)23(3)13-18-21-19(22-26-18)15-9-7-8-14(2)12-15/h5-12H,4,13H2,1-3H3. The lowest BCUT2D eigenvalue weighted by atomic mass is 10.1. The van der Waals surface area contributed by atoms with Crippen LogP contribution in [0.2, 0.25) is 0 Å². The molecule has 0 aliphatic rings. The number of amides is 1. The third kappa shape index (κ3) is 3.91. The average molecular weight is 351 g/mol. The molecule has 0 aliphatic carbocycles. The lowest BCUT2D eigenvalue weighted by molar-refractivity contribution is 0.0765. The molecule has 0 bridgehead atoms. The Hall–Kier alpha value is -3.15. The van der Waals surface area contributed by atoms with Crippen molar-refractivity contribution < 1.29 is 14.1 Å². The van der Waals surface area contributed by atoms with Gasteiger partial charge in [0.05, 0.1) is 12.2 Å². The second kappa shape index (κ2) is 7.82. The monoisotopic (exact) mass is 351 g/mol. The Labute approximate surface area is 152 Å². The summed E-state index contributed by atoms with van der Waals surface area (Å²) in [5, 5.41) is 4.01. The van der Waals surface area contributed by atoms with Crippen LogP contribution in [0.5, 0.6) is 5.75 Å². The minimum atomic E-state index is -0.163. The van der Waals surface area contributed by atoms with E-state index in [-0.39, 0.29) is 12.5 Å². The van der Waals surface area contributed by atoms with Crippen LogP contribution < -0.4 is 4.74 Å². The number of carbonyl (C=O) groups is 1. The SMILES string of the molecule is CCOc1ccccc1C(=O)N(C)Cc1nc(-c2cccc(C)c2)no1. The Morgan fingerprint density at radius 2 is 2.00 bits per heavy atom. The van der Waals surface area contributed by atoms with Gasteiger partial charge >= 0.3 is 0 Å². The van der Waals surface area contributed by atoms with E-state index in [4.69, 9.17) is 9.26 Å². The van der Waals surface area contributed by atoms with E-state index in [2.05, 4.69) is 10.1 Å². The number of hydrogen-bond donors (Lipinski definition) is 0. The van der Waals surface area contributed by atoms with Crippen LogP contribution in [0, 0.1) is 6.92 Å². The first kappa shape index (κ1) is 17.7. The van der Waals surface area contributed by atoms with Crippen LogP contribution in [0.15, 0.2) is 53.1 Å². The van der Waals surface area contributed by atoms with Crippen molar-refractivity contribution >= 4 is 5.91 Å². The first-order chi connectivity index (χ1) is 12.6. The second-order valence-corrected chi connectivity index (χ2v) is 5.97. The van der Waals surface area contributed by atoms with Crippen LogP contribution in [0.3, 0.4) is 0 Å². The Bertz CT molecular complexity index is 905. The van der Waals surface area contributed by atoms with Gasteiger partial charge in [-0.1, -0.05) is 41.1 Å². The molecule has 0 N–H and O–H groups in total. The van der Waals surface area contributed by atoms with E-state index in [9.17, 15) is 4.79 Å². The fraction of sp³-hybridized carbons (Fsp3) is 0.250. The van der Waals surface area contributed by atoms with Gasteiger partial charge in [0.25, 0.3) is 5.91 Å². The Morgan fingerprint density at radius 3 is 2.77 bits per heavy atom. The molecule has 134 valence electrons. The minimum Gasteiger partial charge on any atom is -0.493 e. The van der Waals surface area contributed by atoms with Gasteiger partial charge in [-0.05, 0) is 32.0 Å². The molecule has 0 saturated carbocycles. The van der Waals surface area contributed by atoms with E-state index in [0.717, 1.165) is 11.1 Å². The molecular formula is C20H21N3O3. The molecule has 2 aromatic carbocycles. The molecule has 3 aromatic rings. The van der Waals surface area contributed by atoms with Crippen LogP contribution >= 0.6 is 0 Å². The summed E-state index contributed by atoms with van der Waals surface area (Å²) in [5.74, 6) is 1.30. The van der Waals surface area contributed by atoms with Gasteiger partial charge in [0.15, 0.2) is 0 Å². The normalized spacial score (nSPS) is 10.6. The van der Waals surface area contributed by atoms with Crippen molar-refractivity contribution in [3.8, 4) is 17.1 Å². The number of benzene rings is 2. The Morgan fingerprint density at radius 1 is 1.19 bits per heavy atom. The molecule has 1 aromatic heterocycles. The first-order valence-electron chi connectivity index (χ1n) is 8.45. The highest BCUT2D eigenvalue weighted by molar-refractivity contribution is 5.96. The topological polar surface area (TPSA) is 68.5 Å². The fourth-order valence-electron chi connectivity index (χ4n) is 2.63. The number of aromatic nitrogens is 2. The Balaban J connectivity index is 1.74. The minimum absolute atomic E-state index is 0.163. The molecule has 26 heavy (non-hydrogen) atoms. The third-order valence-electron chi connectivity index (χ3n) is 3.88. The van der Waals surface area contributed by atoms with Gasteiger partial charge in [-0.2, -0.15) is 4.98 Å². The molecule has 0 spiro atoms. The highest BCUT2D eigenvalue weighted by Crippen LogP contribution is 2.21. The van der Waals surface area contributed by atoms with Crippen molar-refractivity contribution in [1.82, 2.24) is 15.0 Å². The average Bonchev–Trinajstić information content (AvgIpc) is 3.10. The van der Waals surface area contributed by atoms with Gasteiger partial charge in [0.1, 0.15) is 12.3 Å². The zero-order valence-corrected chi connectivity index (χ0v) is 15.1. The molecule has 0 aliphatic heterocycles. The summed E-state index contributed by atoms with van der Waals surface area (Å²) >= 11 is 0. The molecule has 0 fully saturated rings. The van der Waals surface area contributed by atoms with E-state index in [1.165, 1.54) is 4.90 Å². The van der Waals surface area contributed by atoms with Crippen molar-refractivity contribution in [2.45, 2.75) is 20.4 Å². The third-order valence-corrected chi connectivity index (χ3v) is 3.88. The van der Waals surface area contributed by atoms with Crippen molar-refractivity contribution in [1.29, 1.82) is 0 Å². The number of hydrogen-bond acceptors (Lipinski definition) is 5. The molecular weight excluding hydrogens is 330 g/mol. The first-order valence-corrected chi connectivity index (χ1v) is 8.45. The summed E-state index contributed by atoms with van der Waals surface area (Å²) in [4.78, 5) is 18.6. The van der Waals surface area contributed by atoms with E-state index < -0.39 is 0 Å². The van der Waals surface area contributed by atoms with Crippen molar-refractivity contribution in [3.05, 3.63) is 65.5 Å². The molecule has 0 saturated heterocycles. The summed E-state index contributed by atoms with van der Waals surface area (Å²) < 4.78 is 10.8. The van der Waals surface area contributed by atoms with E-state index in [1.807, 2.05) is 50.2 Å². The molecule has 0 unspecified atom stereocenters. The molecule has 1 heterocycles. The van der Waals surface area contributed by atoms with Crippen molar-refractivity contribution in [2.24, 2.45) is 0 Å². The number of ether oxygens (including phenoxy) is 1. The summed E-state index contributed by atoms with van der Waals surface area (Å²) in [6.45, 7) is 4.61. The summed E-state index contributed by atoms with van der Waals surface area (Å²) in [6, 6.07) is 15.0. The predicted octanol–water partition coefficient (Wildman–Crippen LogP) is 3.72. The zero-order chi connectivity index (χ0) is 18.5. The van der Waals surface area contributed by atoms with Gasteiger partial charge in [-0.25, -0.2) is 0 Å². The number of carbonyl (C=O) groups excluding carboxylic acids is 1. The fourth-order valence-corrected chi connectivity index (χ4v) is 2.63. The lowest BCUT2D eigenvalue weighted by Gasteiger charge is -2.17. The quantitative estimate of drug-likeness (QED) is 0.677. The second-order valence-electron chi connectivity index (χ2n) is 5.97. The maximum absolute atomic E-state index is 12.7. The number of rotatable bonds is 6. The van der Waals surface area contributed by atoms with Gasteiger partial charge in [0, 0.05) is 12.6 Å². The molecule has 3 rings (SSSR count). The lowest BCUT2D eigenvalue weighted by Crippen LogP contribution is -2.26. The van der Waals surface area contributed by atoms with Crippen LogP contribution in [-0.4, -0.2) is 34.6 Å². The van der Waals surface area contributed by atoms with Gasteiger partial charge in [0.2, 0.25) is 11.7 Å². The van der Waals surface area contributed by atoms with Crippen molar-refractivity contribution in [2.75, 3.05) is 13.7 Å². The van der Waals surface area contributed by atoms with Crippen LogP contribution in [0.4, 0.5) is 0 Å². The molecule has 1 amide bonds. The van der Waals surface area contributed by atoms with Gasteiger partial charge < -0.3 is 14.2 Å². The highest BCUT2D eigenvalue weighted by Gasteiger charge is 2.19. The smallest absolute Gasteiger partial charge is 0.257 e. The largest absolute Gasteiger partial charge is 0.493 e. The van der Waals surface area contributed by atoms with Gasteiger partial charge in [-0.3, -0.25) is 4.79 Å². The van der Waals surface area contributed by atoms with Crippen LogP contribution in [0.1, 0.15) is 28.7 Å². The van der Waals surface area contributed by atoms with Crippen LogP contribution in [0.25, 0.3) is 11.4 Å². The summed E-state index contributed by atoms with van der Waals surface area (Å²) in [7, 11) is 1.70. The molecule has 0 radical (unpaired) electrons. The van der Waals surface area contributed by atoms with E-state index >= 15 is 0 Å². The van der Waals surface area contributed by atoms with Crippen molar-refractivity contribution in [3.63, 3.8) is 0 Å². The molecule has 6 heteroatoms. The summed E-state index contributed by atoms with van der Waals surface area (Å²) in [5.41, 5.74) is 2.51. The number of nitrogens with zero attached hydrogens (tertiary/aromatic N) is 3. The summed E-state index contributed by atoms with van der Waals surface area (Å²) in [6.07, 6.45) is 0. The predicted molar refractivity (Wildman–Crippen MR) is 97.9 cm³/mol. The molecule has 6 nitrogen and oxygen atoms in total. The highest BCUT2D eigenvalue weighted by atomic mass is 16.5. The van der Waals surface area contributed by atoms with Gasteiger partial charge in [-0.15, -0.1) is 0 Å². The number of aryl methyl sites for hydroxylation is 1. The number of para-hydroxylation sites is 1. The maximum atomic E-state index is 12.7. The Kier molecular flexibility index (Phi) is 5.31. The molecule has 0 atom stereocenters. The van der Waals surface area contributed by atoms with E-state index in [1.54, 1.807) is 19.2 Å². The zero-order valence-electron chi connectivity index (χ0n) is 15.1. The van der Waals surface area contributed by atoms with E-state index in [0.29, 0.717) is 29.6 Å².